The van der Waals surface area contributed by atoms with E-state index in [2.05, 4.69) is 43.2 Å². The number of ether oxygens (including phenoxy) is 1. The molecule has 1 unspecified atom stereocenters. The van der Waals surface area contributed by atoms with Crippen molar-refractivity contribution in [1.82, 2.24) is 10.2 Å². The summed E-state index contributed by atoms with van der Waals surface area (Å²) < 4.78 is 5.89. The first-order valence-corrected chi connectivity index (χ1v) is 7.21. The van der Waals surface area contributed by atoms with Gasteiger partial charge in [0.2, 0.25) is 0 Å². The Morgan fingerprint density at radius 2 is 2.05 bits per heavy atom. The highest BCUT2D eigenvalue weighted by atomic mass is 16.5. The molecule has 3 nitrogen and oxygen atoms in total. The van der Waals surface area contributed by atoms with Crippen molar-refractivity contribution >= 4 is 0 Å². The second kappa shape index (κ2) is 8.94. The number of hydrogen-bond acceptors (Lipinski definition) is 3. The van der Waals surface area contributed by atoms with Crippen LogP contribution in [-0.4, -0.2) is 38.7 Å². The van der Waals surface area contributed by atoms with E-state index in [4.69, 9.17) is 4.74 Å². The first-order valence-electron chi connectivity index (χ1n) is 7.21. The summed E-state index contributed by atoms with van der Waals surface area (Å²) in [5.74, 6) is 1.75. The molecule has 0 aliphatic carbocycles. The number of para-hydroxylation sites is 1. The maximum Gasteiger partial charge on any atom is 0.123 e. The molecule has 0 aliphatic heterocycles. The molecule has 19 heavy (non-hydrogen) atoms. The number of benzene rings is 1. The van der Waals surface area contributed by atoms with Gasteiger partial charge in [-0.05, 0) is 26.1 Å². The van der Waals surface area contributed by atoms with Gasteiger partial charge in [0.15, 0.2) is 0 Å². The molecule has 0 spiro atoms. The standard InChI is InChI=1S/C16H28N2O/c1-5-14(2)13-18(4)10-11-19-16-9-7-6-8-15(16)12-17-3/h6-9,14,17H,5,10-13H2,1-4H3. The van der Waals surface area contributed by atoms with Gasteiger partial charge in [-0.2, -0.15) is 0 Å². The second-order valence-corrected chi connectivity index (χ2v) is 5.26. The maximum atomic E-state index is 5.89. The Morgan fingerprint density at radius 3 is 2.74 bits per heavy atom. The van der Waals surface area contributed by atoms with E-state index in [1.807, 2.05) is 19.2 Å². The van der Waals surface area contributed by atoms with Crippen LogP contribution < -0.4 is 10.1 Å². The monoisotopic (exact) mass is 264 g/mol. The van der Waals surface area contributed by atoms with Crippen molar-refractivity contribution in [3.05, 3.63) is 29.8 Å². The van der Waals surface area contributed by atoms with E-state index in [0.717, 1.165) is 37.9 Å². The van der Waals surface area contributed by atoms with Crippen molar-refractivity contribution in [2.75, 3.05) is 33.8 Å². The third kappa shape index (κ3) is 6.08. The molecule has 1 atom stereocenters. The fourth-order valence-corrected chi connectivity index (χ4v) is 2.05. The molecule has 0 bridgehead atoms. The fourth-order valence-electron chi connectivity index (χ4n) is 2.05. The average Bonchev–Trinajstić information content (AvgIpc) is 2.41. The Morgan fingerprint density at radius 1 is 1.32 bits per heavy atom. The van der Waals surface area contributed by atoms with E-state index in [-0.39, 0.29) is 0 Å². The summed E-state index contributed by atoms with van der Waals surface area (Å²) in [4.78, 5) is 2.34. The lowest BCUT2D eigenvalue weighted by Gasteiger charge is -2.21. The number of likely N-dealkylation sites (N-methyl/N-ethyl adjacent to an activating group) is 1. The summed E-state index contributed by atoms with van der Waals surface area (Å²) in [6.45, 7) is 8.23. The zero-order chi connectivity index (χ0) is 14.1. The largest absolute Gasteiger partial charge is 0.492 e. The molecule has 108 valence electrons. The Labute approximate surface area is 118 Å². The first kappa shape index (κ1) is 16.0. The quantitative estimate of drug-likeness (QED) is 0.742. The normalized spacial score (nSPS) is 12.7. The lowest BCUT2D eigenvalue weighted by atomic mass is 10.1. The van der Waals surface area contributed by atoms with Crippen LogP contribution in [0.1, 0.15) is 25.8 Å². The molecule has 1 aromatic carbocycles. The lowest BCUT2D eigenvalue weighted by molar-refractivity contribution is 0.216. The number of nitrogens with one attached hydrogen (secondary N) is 1. The van der Waals surface area contributed by atoms with Crippen LogP contribution >= 0.6 is 0 Å². The second-order valence-electron chi connectivity index (χ2n) is 5.26. The highest BCUT2D eigenvalue weighted by Gasteiger charge is 2.05. The van der Waals surface area contributed by atoms with Crippen LogP contribution in [0.25, 0.3) is 0 Å². The van der Waals surface area contributed by atoms with Crippen LogP contribution in [0.15, 0.2) is 24.3 Å². The van der Waals surface area contributed by atoms with Gasteiger partial charge in [-0.25, -0.2) is 0 Å². The van der Waals surface area contributed by atoms with Gasteiger partial charge < -0.3 is 15.0 Å². The highest BCUT2D eigenvalue weighted by Crippen LogP contribution is 2.17. The summed E-state index contributed by atoms with van der Waals surface area (Å²) in [7, 11) is 4.12. The van der Waals surface area contributed by atoms with Gasteiger partial charge >= 0.3 is 0 Å². The fraction of sp³-hybridized carbons (Fsp3) is 0.625. The molecule has 0 saturated heterocycles. The molecule has 3 heteroatoms. The van der Waals surface area contributed by atoms with Gasteiger partial charge in [-0.15, -0.1) is 0 Å². The van der Waals surface area contributed by atoms with E-state index in [9.17, 15) is 0 Å². The number of hydrogen-bond donors (Lipinski definition) is 1. The minimum Gasteiger partial charge on any atom is -0.492 e. The van der Waals surface area contributed by atoms with Crippen molar-refractivity contribution in [3.8, 4) is 5.75 Å². The molecule has 0 amide bonds. The van der Waals surface area contributed by atoms with E-state index in [1.165, 1.54) is 12.0 Å². The molecule has 0 heterocycles. The Balaban J connectivity index is 2.36. The predicted octanol–water partition coefficient (Wildman–Crippen LogP) is 2.76. The topological polar surface area (TPSA) is 24.5 Å². The molecule has 1 aromatic rings. The molecule has 0 radical (unpaired) electrons. The highest BCUT2D eigenvalue weighted by molar-refractivity contribution is 5.33. The third-order valence-corrected chi connectivity index (χ3v) is 3.39. The van der Waals surface area contributed by atoms with Gasteiger partial charge in [0.1, 0.15) is 12.4 Å². The van der Waals surface area contributed by atoms with E-state index in [1.54, 1.807) is 0 Å². The van der Waals surface area contributed by atoms with Crippen LogP contribution in [0.4, 0.5) is 0 Å². The number of rotatable bonds is 9. The van der Waals surface area contributed by atoms with Crippen molar-refractivity contribution < 1.29 is 4.74 Å². The molecule has 0 saturated carbocycles. The Bertz CT molecular complexity index is 354. The summed E-state index contributed by atoms with van der Waals surface area (Å²) in [5.41, 5.74) is 1.22. The molecule has 1 rings (SSSR count). The van der Waals surface area contributed by atoms with Gasteiger partial charge in [-0.3, -0.25) is 0 Å². The minimum atomic E-state index is 0.744. The van der Waals surface area contributed by atoms with Gasteiger partial charge in [0.05, 0.1) is 0 Å². The van der Waals surface area contributed by atoms with Gasteiger partial charge in [0.25, 0.3) is 0 Å². The summed E-state index contributed by atoms with van der Waals surface area (Å²) >= 11 is 0. The van der Waals surface area contributed by atoms with Crippen LogP contribution in [0.3, 0.4) is 0 Å². The Hall–Kier alpha value is -1.06. The van der Waals surface area contributed by atoms with Crippen molar-refractivity contribution in [2.45, 2.75) is 26.8 Å². The van der Waals surface area contributed by atoms with Crippen molar-refractivity contribution in [1.29, 1.82) is 0 Å². The summed E-state index contributed by atoms with van der Waals surface area (Å²) in [5, 5.41) is 3.17. The number of nitrogens with zero attached hydrogens (tertiary/aromatic N) is 1. The van der Waals surface area contributed by atoms with E-state index < -0.39 is 0 Å². The van der Waals surface area contributed by atoms with Gasteiger partial charge in [0, 0.05) is 25.2 Å². The lowest BCUT2D eigenvalue weighted by Crippen LogP contribution is -2.28. The minimum absolute atomic E-state index is 0.744. The molecule has 0 aromatic heterocycles. The third-order valence-electron chi connectivity index (χ3n) is 3.39. The summed E-state index contributed by atoms with van der Waals surface area (Å²) in [6, 6.07) is 8.22. The van der Waals surface area contributed by atoms with Crippen LogP contribution in [-0.2, 0) is 6.54 Å². The van der Waals surface area contributed by atoms with Crippen LogP contribution in [0.2, 0.25) is 0 Å². The van der Waals surface area contributed by atoms with Crippen molar-refractivity contribution in [2.24, 2.45) is 5.92 Å². The maximum absolute atomic E-state index is 5.89. The molecular weight excluding hydrogens is 236 g/mol. The smallest absolute Gasteiger partial charge is 0.123 e. The SMILES string of the molecule is CCC(C)CN(C)CCOc1ccccc1CNC. The Kier molecular flexibility index (Phi) is 7.53. The zero-order valence-corrected chi connectivity index (χ0v) is 12.8. The molecular formula is C16H28N2O. The zero-order valence-electron chi connectivity index (χ0n) is 12.8. The van der Waals surface area contributed by atoms with Crippen LogP contribution in [0.5, 0.6) is 5.75 Å². The van der Waals surface area contributed by atoms with Crippen molar-refractivity contribution in [3.63, 3.8) is 0 Å². The average molecular weight is 264 g/mol. The molecule has 1 N–H and O–H groups in total. The molecule has 0 fully saturated rings. The van der Waals surface area contributed by atoms with E-state index >= 15 is 0 Å². The summed E-state index contributed by atoms with van der Waals surface area (Å²) in [6.07, 6.45) is 1.23. The van der Waals surface area contributed by atoms with Crippen LogP contribution in [0, 0.1) is 5.92 Å². The first-order chi connectivity index (χ1) is 9.17. The van der Waals surface area contributed by atoms with E-state index in [0.29, 0.717) is 0 Å². The molecule has 0 aliphatic rings. The predicted molar refractivity (Wildman–Crippen MR) is 81.7 cm³/mol. The van der Waals surface area contributed by atoms with Gasteiger partial charge in [-0.1, -0.05) is 38.5 Å².